The summed E-state index contributed by atoms with van der Waals surface area (Å²) >= 11 is 3.47. The molecular weight excluding hydrogens is 484 g/mol. The van der Waals surface area contributed by atoms with Gasteiger partial charge in [0, 0.05) is 41.2 Å². The number of rotatable bonds is 7. The fourth-order valence-corrected chi connectivity index (χ4v) is 5.04. The van der Waals surface area contributed by atoms with Crippen molar-refractivity contribution in [1.82, 2.24) is 0 Å². The molecule has 0 aromatic heterocycles. The number of aliphatic hydroxyl groups is 2. The second-order valence-electron chi connectivity index (χ2n) is 8.72. The summed E-state index contributed by atoms with van der Waals surface area (Å²) in [7, 11) is 0. The molecular formula is C26H29BrN2O4. The van der Waals surface area contributed by atoms with Gasteiger partial charge in [-0.2, -0.15) is 0 Å². The van der Waals surface area contributed by atoms with E-state index in [4.69, 9.17) is 5.11 Å². The minimum atomic E-state index is -1.70. The van der Waals surface area contributed by atoms with E-state index in [1.807, 2.05) is 48.2 Å². The van der Waals surface area contributed by atoms with Crippen LogP contribution in [0.1, 0.15) is 43.7 Å². The van der Waals surface area contributed by atoms with Crippen molar-refractivity contribution in [2.45, 2.75) is 44.8 Å². The van der Waals surface area contributed by atoms with Gasteiger partial charge in [-0.3, -0.25) is 9.59 Å². The lowest BCUT2D eigenvalue weighted by atomic mass is 9.83. The van der Waals surface area contributed by atoms with E-state index in [0.29, 0.717) is 37.2 Å². The SMILES string of the molecule is C[C@H](/C=C/CCO)[C@@]1(O)C(=O)N(Cc2cccc(N3CCCCC3=O)c2)c2ccc(Br)cc21. The first-order valence-corrected chi connectivity index (χ1v) is 12.2. The molecule has 2 aromatic carbocycles. The molecule has 1 fully saturated rings. The molecule has 4 rings (SSSR count). The van der Waals surface area contributed by atoms with Gasteiger partial charge in [-0.1, -0.05) is 47.1 Å². The Morgan fingerprint density at radius 1 is 1.18 bits per heavy atom. The molecule has 0 saturated carbocycles. The van der Waals surface area contributed by atoms with Gasteiger partial charge in [-0.25, -0.2) is 0 Å². The number of anilines is 2. The summed E-state index contributed by atoms with van der Waals surface area (Å²) in [5, 5.41) is 20.7. The van der Waals surface area contributed by atoms with Crippen LogP contribution in [0, 0.1) is 5.92 Å². The number of amides is 2. The topological polar surface area (TPSA) is 81.1 Å². The van der Waals surface area contributed by atoms with Crippen molar-refractivity contribution in [3.63, 3.8) is 0 Å². The molecule has 33 heavy (non-hydrogen) atoms. The Hall–Kier alpha value is -2.48. The summed E-state index contributed by atoms with van der Waals surface area (Å²) in [6.45, 7) is 2.82. The van der Waals surface area contributed by atoms with Crippen molar-refractivity contribution in [2.24, 2.45) is 5.92 Å². The molecule has 2 heterocycles. The molecule has 2 N–H and O–H groups in total. The predicted molar refractivity (Wildman–Crippen MR) is 132 cm³/mol. The zero-order valence-electron chi connectivity index (χ0n) is 18.7. The fourth-order valence-electron chi connectivity index (χ4n) is 4.67. The van der Waals surface area contributed by atoms with Gasteiger partial charge in [0.1, 0.15) is 0 Å². The summed E-state index contributed by atoms with van der Waals surface area (Å²) in [6, 6.07) is 13.2. The van der Waals surface area contributed by atoms with Crippen LogP contribution in [0.4, 0.5) is 11.4 Å². The van der Waals surface area contributed by atoms with E-state index in [1.165, 1.54) is 0 Å². The number of nitrogens with zero attached hydrogens (tertiary/aromatic N) is 2. The zero-order valence-corrected chi connectivity index (χ0v) is 20.3. The lowest BCUT2D eigenvalue weighted by molar-refractivity contribution is -0.139. The lowest BCUT2D eigenvalue weighted by Gasteiger charge is -2.28. The number of benzene rings is 2. The number of hydrogen-bond acceptors (Lipinski definition) is 4. The fraction of sp³-hybridized carbons (Fsp3) is 0.385. The molecule has 2 aliphatic rings. The number of piperidine rings is 1. The summed E-state index contributed by atoms with van der Waals surface area (Å²) in [5.74, 6) is -0.730. The minimum Gasteiger partial charge on any atom is -0.396 e. The Balaban J connectivity index is 1.66. The van der Waals surface area contributed by atoms with Crippen LogP contribution in [-0.4, -0.2) is 35.2 Å². The van der Waals surface area contributed by atoms with Crippen molar-refractivity contribution in [3.8, 4) is 0 Å². The van der Waals surface area contributed by atoms with Gasteiger partial charge in [-0.15, -0.1) is 0 Å². The highest BCUT2D eigenvalue weighted by Gasteiger charge is 2.52. The number of hydrogen-bond donors (Lipinski definition) is 2. The summed E-state index contributed by atoms with van der Waals surface area (Å²) < 4.78 is 0.784. The zero-order chi connectivity index (χ0) is 23.6. The number of carbonyl (C=O) groups is 2. The van der Waals surface area contributed by atoms with Crippen LogP contribution >= 0.6 is 15.9 Å². The van der Waals surface area contributed by atoms with Crippen LogP contribution in [0.15, 0.2) is 59.1 Å². The quantitative estimate of drug-likeness (QED) is 0.542. The van der Waals surface area contributed by atoms with Crippen LogP contribution < -0.4 is 9.80 Å². The maximum Gasteiger partial charge on any atom is 0.264 e. The van der Waals surface area contributed by atoms with E-state index < -0.39 is 11.5 Å². The molecule has 0 spiro atoms. The third kappa shape index (κ3) is 4.50. The first kappa shape index (κ1) is 23.7. The molecule has 0 bridgehead atoms. The van der Waals surface area contributed by atoms with Crippen molar-refractivity contribution < 1.29 is 19.8 Å². The van der Waals surface area contributed by atoms with E-state index in [-0.39, 0.29) is 18.4 Å². The first-order chi connectivity index (χ1) is 15.9. The second kappa shape index (κ2) is 9.79. The van der Waals surface area contributed by atoms with Crippen molar-refractivity contribution in [3.05, 3.63) is 70.2 Å². The molecule has 0 unspecified atom stereocenters. The van der Waals surface area contributed by atoms with E-state index in [9.17, 15) is 14.7 Å². The molecule has 2 aliphatic heterocycles. The molecule has 0 aliphatic carbocycles. The summed E-state index contributed by atoms with van der Waals surface area (Å²) in [4.78, 5) is 29.4. The Morgan fingerprint density at radius 3 is 2.76 bits per heavy atom. The van der Waals surface area contributed by atoms with Gasteiger partial charge in [0.15, 0.2) is 5.60 Å². The van der Waals surface area contributed by atoms with Crippen molar-refractivity contribution in [2.75, 3.05) is 23.0 Å². The van der Waals surface area contributed by atoms with Gasteiger partial charge in [0.2, 0.25) is 5.91 Å². The Labute approximate surface area is 202 Å². The maximum atomic E-state index is 13.6. The van der Waals surface area contributed by atoms with E-state index in [2.05, 4.69) is 15.9 Å². The molecule has 2 atom stereocenters. The number of carbonyl (C=O) groups excluding carboxylic acids is 2. The molecule has 2 aromatic rings. The highest BCUT2D eigenvalue weighted by atomic mass is 79.9. The van der Waals surface area contributed by atoms with Gasteiger partial charge >= 0.3 is 0 Å². The highest BCUT2D eigenvalue weighted by Crippen LogP contribution is 2.46. The monoisotopic (exact) mass is 512 g/mol. The third-order valence-electron chi connectivity index (χ3n) is 6.50. The average molecular weight is 513 g/mol. The van der Waals surface area contributed by atoms with E-state index in [1.54, 1.807) is 23.1 Å². The third-order valence-corrected chi connectivity index (χ3v) is 6.99. The Bertz CT molecular complexity index is 1090. The second-order valence-corrected chi connectivity index (χ2v) is 9.64. The number of halogens is 1. The number of aliphatic hydroxyl groups excluding tert-OH is 1. The highest BCUT2D eigenvalue weighted by molar-refractivity contribution is 9.10. The van der Waals surface area contributed by atoms with Crippen LogP contribution in [0.3, 0.4) is 0 Å². The first-order valence-electron chi connectivity index (χ1n) is 11.4. The van der Waals surface area contributed by atoms with Crippen molar-refractivity contribution >= 4 is 39.1 Å². The van der Waals surface area contributed by atoms with Crippen LogP contribution in [0.5, 0.6) is 0 Å². The van der Waals surface area contributed by atoms with Gasteiger partial charge in [-0.05, 0) is 55.2 Å². The molecule has 2 amide bonds. The van der Waals surface area contributed by atoms with E-state index >= 15 is 0 Å². The Morgan fingerprint density at radius 2 is 2.00 bits per heavy atom. The molecule has 174 valence electrons. The standard InChI is InChI=1S/C26H29BrN2O4/c1-18(7-3-5-14-30)26(33)22-16-20(27)11-12-23(22)29(25(26)32)17-19-8-6-9-21(15-19)28-13-4-2-10-24(28)31/h3,6-9,11-12,15-16,18,30,33H,2,4-5,10,13-14,17H2,1H3/b7-3+/t18-,26+/m1/s1. The van der Waals surface area contributed by atoms with Gasteiger partial charge in [0.25, 0.3) is 5.91 Å². The molecule has 6 nitrogen and oxygen atoms in total. The summed E-state index contributed by atoms with van der Waals surface area (Å²) in [6.07, 6.45) is 6.50. The Kier molecular flexibility index (Phi) is 7.02. The number of fused-ring (bicyclic) bond motifs is 1. The van der Waals surface area contributed by atoms with Gasteiger partial charge < -0.3 is 20.0 Å². The molecule has 1 saturated heterocycles. The normalized spacial score (nSPS) is 21.7. The minimum absolute atomic E-state index is 0.0136. The smallest absolute Gasteiger partial charge is 0.264 e. The van der Waals surface area contributed by atoms with Gasteiger partial charge in [0.05, 0.1) is 12.2 Å². The van der Waals surface area contributed by atoms with E-state index in [0.717, 1.165) is 28.6 Å². The van der Waals surface area contributed by atoms with Crippen LogP contribution in [0.25, 0.3) is 0 Å². The lowest BCUT2D eigenvalue weighted by Crippen LogP contribution is -2.44. The summed E-state index contributed by atoms with van der Waals surface area (Å²) in [5.41, 5.74) is 1.26. The average Bonchev–Trinajstić information content (AvgIpc) is 3.02. The van der Waals surface area contributed by atoms with Crippen LogP contribution in [-0.2, 0) is 21.7 Å². The largest absolute Gasteiger partial charge is 0.396 e. The van der Waals surface area contributed by atoms with Crippen LogP contribution in [0.2, 0.25) is 0 Å². The molecule has 7 heteroatoms. The van der Waals surface area contributed by atoms with Crippen molar-refractivity contribution in [1.29, 1.82) is 0 Å². The predicted octanol–water partition coefficient (Wildman–Crippen LogP) is 4.28. The maximum absolute atomic E-state index is 13.6. The molecule has 0 radical (unpaired) electrons.